The first-order chi connectivity index (χ1) is 16.7. The summed E-state index contributed by atoms with van der Waals surface area (Å²) >= 11 is 0. The van der Waals surface area contributed by atoms with Crippen molar-refractivity contribution in [2.75, 3.05) is 4.67 Å². The van der Waals surface area contributed by atoms with Gasteiger partial charge in [-0.1, -0.05) is 85.8 Å². The second-order valence-electron chi connectivity index (χ2n) is 9.17. The van der Waals surface area contributed by atoms with Crippen molar-refractivity contribution in [3.8, 4) is 0 Å². The molecule has 5 aromatic carbocycles. The van der Waals surface area contributed by atoms with Gasteiger partial charge in [0, 0.05) is 22.7 Å². The monoisotopic (exact) mass is 461 g/mol. The predicted molar refractivity (Wildman–Crippen MR) is 144 cm³/mol. The van der Waals surface area contributed by atoms with Gasteiger partial charge < -0.3 is 8.39 Å². The number of fused-ring (bicyclic) bond motifs is 8. The maximum atomic E-state index is 6.82. The minimum Gasteiger partial charge on any atom is -0.404 e. The Morgan fingerprint density at radius 3 is 1.76 bits per heavy atom. The number of hydrogen-bond donors (Lipinski definition) is 0. The number of nitrogens with zero attached hydrogens (tertiary/aromatic N) is 1. The van der Waals surface area contributed by atoms with Crippen molar-refractivity contribution in [3.63, 3.8) is 0 Å². The van der Waals surface area contributed by atoms with Crippen molar-refractivity contribution < 1.29 is 8.39 Å². The molecule has 2 unspecified atom stereocenters. The zero-order valence-corrected chi connectivity index (χ0v) is 20.0. The zero-order chi connectivity index (χ0) is 22.8. The largest absolute Gasteiger partial charge is 0.404 e. The lowest BCUT2D eigenvalue weighted by atomic mass is 9.99. The molecule has 0 N–H and O–H groups in total. The summed E-state index contributed by atoms with van der Waals surface area (Å²) < 4.78 is 16.0. The lowest BCUT2D eigenvalue weighted by Gasteiger charge is -2.22. The molecule has 0 saturated carbocycles. The molecule has 0 spiro atoms. The van der Waals surface area contributed by atoms with E-state index in [1.807, 2.05) is 0 Å². The molecule has 0 fully saturated rings. The van der Waals surface area contributed by atoms with E-state index >= 15 is 0 Å². The van der Waals surface area contributed by atoms with E-state index in [2.05, 4.69) is 116 Å². The van der Waals surface area contributed by atoms with Crippen LogP contribution < -0.4 is 4.67 Å². The normalized spacial score (nSPS) is 17.6. The van der Waals surface area contributed by atoms with E-state index in [0.717, 1.165) is 21.9 Å². The molecule has 2 atom stereocenters. The van der Waals surface area contributed by atoms with Gasteiger partial charge in [0.2, 0.25) is 0 Å². The van der Waals surface area contributed by atoms with Crippen LogP contribution in [0.25, 0.3) is 43.5 Å². The van der Waals surface area contributed by atoms with E-state index in [1.54, 1.807) is 0 Å². The zero-order valence-electron chi connectivity index (χ0n) is 19.1. The second kappa shape index (κ2) is 7.41. The first-order valence-corrected chi connectivity index (χ1v) is 12.9. The summed E-state index contributed by atoms with van der Waals surface area (Å²) in [6, 6.07) is 34.5. The number of anilines is 1. The van der Waals surface area contributed by atoms with E-state index in [4.69, 9.17) is 8.39 Å². The van der Waals surface area contributed by atoms with Gasteiger partial charge in [-0.05, 0) is 52.2 Å². The van der Waals surface area contributed by atoms with Crippen molar-refractivity contribution in [2.24, 2.45) is 0 Å². The maximum absolute atomic E-state index is 6.82. The third kappa shape index (κ3) is 2.77. The molecule has 166 valence electrons. The summed E-state index contributed by atoms with van der Waals surface area (Å²) in [5, 5.41) is 6.99. The van der Waals surface area contributed by atoms with E-state index in [1.165, 1.54) is 32.8 Å². The quantitative estimate of drug-likeness (QED) is 0.244. The summed E-state index contributed by atoms with van der Waals surface area (Å²) in [5.41, 5.74) is 4.32. The Balaban J connectivity index is 1.68. The molecule has 1 aliphatic rings. The predicted octanol–water partition coefficient (Wildman–Crippen LogP) is 9.37. The fourth-order valence-electron chi connectivity index (χ4n) is 5.45. The highest BCUT2D eigenvalue weighted by atomic mass is 31.1. The van der Waals surface area contributed by atoms with Crippen LogP contribution in [-0.2, 0) is 0 Å². The molecule has 0 aliphatic carbocycles. The Hall–Kier alpha value is -3.68. The molecule has 7 rings (SSSR count). The van der Waals surface area contributed by atoms with Gasteiger partial charge in [0.25, 0.3) is 0 Å². The van der Waals surface area contributed by atoms with Crippen LogP contribution in [0.1, 0.15) is 25.3 Å². The van der Waals surface area contributed by atoms with Crippen LogP contribution in [0.4, 0.5) is 5.69 Å². The Labute approximate surface area is 198 Å². The van der Waals surface area contributed by atoms with Crippen LogP contribution in [0, 0.1) is 0 Å². The Kier molecular flexibility index (Phi) is 4.31. The van der Waals surface area contributed by atoms with Crippen LogP contribution in [0.15, 0.2) is 105 Å². The number of rotatable bonds is 1. The highest BCUT2D eigenvalue weighted by Gasteiger charge is 2.36. The van der Waals surface area contributed by atoms with Gasteiger partial charge in [-0.25, -0.2) is 0 Å². The fraction of sp³-hybridized carbons (Fsp3) is 0.133. The third-order valence-corrected chi connectivity index (χ3v) is 8.98. The second-order valence-corrected chi connectivity index (χ2v) is 10.4. The smallest absolute Gasteiger partial charge is 0.341 e. The first kappa shape index (κ1) is 19.8. The number of benzene rings is 5. The molecular formula is C30H24NO2P. The van der Waals surface area contributed by atoms with Gasteiger partial charge in [-0.15, -0.1) is 0 Å². The minimum absolute atomic E-state index is 0.273. The Morgan fingerprint density at radius 2 is 1.15 bits per heavy atom. The van der Waals surface area contributed by atoms with Gasteiger partial charge in [0.05, 0.1) is 5.69 Å². The van der Waals surface area contributed by atoms with Crippen LogP contribution in [0.3, 0.4) is 0 Å². The Bertz CT molecular complexity index is 1670. The van der Waals surface area contributed by atoms with Crippen LogP contribution >= 0.6 is 8.16 Å². The average molecular weight is 462 g/mol. The van der Waals surface area contributed by atoms with Gasteiger partial charge in [-0.3, -0.25) is 4.67 Å². The molecule has 1 aliphatic heterocycles. The third-order valence-electron chi connectivity index (χ3n) is 7.34. The first-order valence-electron chi connectivity index (χ1n) is 11.8. The van der Waals surface area contributed by atoms with E-state index < -0.39 is 8.16 Å². The molecule has 6 aromatic rings. The van der Waals surface area contributed by atoms with Crippen LogP contribution in [0.2, 0.25) is 0 Å². The molecule has 0 bridgehead atoms. The summed E-state index contributed by atoms with van der Waals surface area (Å²) in [6.45, 7) is 4.56. The van der Waals surface area contributed by atoms with Crippen molar-refractivity contribution in [1.29, 1.82) is 0 Å². The molecule has 0 saturated heterocycles. The molecule has 4 heteroatoms. The van der Waals surface area contributed by atoms with Crippen molar-refractivity contribution in [2.45, 2.75) is 25.8 Å². The van der Waals surface area contributed by atoms with Crippen molar-refractivity contribution in [1.82, 2.24) is 0 Å². The summed E-state index contributed by atoms with van der Waals surface area (Å²) in [4.78, 5) is 0. The van der Waals surface area contributed by atoms with Crippen molar-refractivity contribution >= 4 is 57.3 Å². The topological polar surface area (TPSA) is 29.5 Å². The standard InChI is InChI=1S/C30H24NO2P/c1-19-20(2)31(26-14-8-7-11-23(19)26)34-32-27-17-15-21-9-3-5-12-24(21)29(27)30-25-13-6-4-10-22(25)16-18-28(30)33-34/h3-20H,1-2H3. The van der Waals surface area contributed by atoms with E-state index in [0.29, 0.717) is 5.92 Å². The molecule has 0 radical (unpaired) electrons. The van der Waals surface area contributed by atoms with Crippen LogP contribution in [0.5, 0.6) is 0 Å². The molecular weight excluding hydrogens is 437 g/mol. The van der Waals surface area contributed by atoms with E-state index in [9.17, 15) is 0 Å². The van der Waals surface area contributed by atoms with Gasteiger partial charge >= 0.3 is 8.16 Å². The maximum Gasteiger partial charge on any atom is 0.341 e. The molecule has 0 amide bonds. The molecule has 34 heavy (non-hydrogen) atoms. The SMILES string of the molecule is CC1c2ccccc2N(p2oc3ccc4ccccc4c3c3c(ccc4ccccc43)o2)C1C. The minimum atomic E-state index is -1.40. The fourth-order valence-corrected chi connectivity index (χ4v) is 7.16. The average Bonchev–Trinajstić information content (AvgIpc) is 3.02. The summed E-state index contributed by atoms with van der Waals surface area (Å²) in [6.07, 6.45) is 0. The summed E-state index contributed by atoms with van der Waals surface area (Å²) in [5.74, 6) is 0.404. The van der Waals surface area contributed by atoms with Gasteiger partial charge in [0.15, 0.2) is 0 Å². The van der Waals surface area contributed by atoms with Crippen LogP contribution in [-0.4, -0.2) is 6.04 Å². The van der Waals surface area contributed by atoms with E-state index in [-0.39, 0.29) is 6.04 Å². The van der Waals surface area contributed by atoms with Gasteiger partial charge in [-0.2, -0.15) is 0 Å². The lowest BCUT2D eigenvalue weighted by Crippen LogP contribution is -2.22. The van der Waals surface area contributed by atoms with Gasteiger partial charge in [0.1, 0.15) is 11.2 Å². The Morgan fingerprint density at radius 1 is 0.618 bits per heavy atom. The highest BCUT2D eigenvalue weighted by Crippen LogP contribution is 2.51. The number of para-hydroxylation sites is 1. The van der Waals surface area contributed by atoms with Crippen molar-refractivity contribution in [3.05, 3.63) is 103 Å². The summed E-state index contributed by atoms with van der Waals surface area (Å²) in [7, 11) is -1.40. The number of hydrogen-bond acceptors (Lipinski definition) is 3. The lowest BCUT2D eigenvalue weighted by molar-refractivity contribution is 0.600. The molecule has 1 aromatic heterocycles. The molecule has 3 nitrogen and oxygen atoms in total. The molecule has 2 heterocycles. The highest BCUT2D eigenvalue weighted by molar-refractivity contribution is 7.39.